The minimum Gasteiger partial charge on any atom is -0.496 e. The molecule has 1 atom stereocenters. The van der Waals surface area contributed by atoms with Crippen molar-refractivity contribution in [1.29, 1.82) is 0 Å². The highest BCUT2D eigenvalue weighted by Crippen LogP contribution is 2.32. The number of carbonyl (C=O) groups excluding carboxylic acids is 1. The van der Waals surface area contributed by atoms with E-state index in [2.05, 4.69) is 28.1 Å². The number of halogens is 1. The first kappa shape index (κ1) is 23.8. The highest BCUT2D eigenvalue weighted by atomic mass is 19.1. The summed E-state index contributed by atoms with van der Waals surface area (Å²) < 4.78 is 20.0. The molecule has 0 unspecified atom stereocenters. The van der Waals surface area contributed by atoms with Crippen molar-refractivity contribution in [3.63, 3.8) is 0 Å². The zero-order valence-electron chi connectivity index (χ0n) is 21.3. The van der Waals surface area contributed by atoms with E-state index in [-0.39, 0.29) is 17.8 Å². The SMILES string of the molecule is COc1cccc(F)c1CN1CCC[C@@H](N2Cc3cc4c(cc3CC2=O)CN=C4c2ccnc(C)c2)C1. The number of hydrogen-bond donors (Lipinski definition) is 0. The predicted octanol–water partition coefficient (Wildman–Crippen LogP) is 4.44. The number of amides is 1. The number of carbonyl (C=O) groups is 1. The largest absolute Gasteiger partial charge is 0.496 e. The Morgan fingerprint density at radius 2 is 2.03 bits per heavy atom. The summed E-state index contributed by atoms with van der Waals surface area (Å²) in [5, 5.41) is 0. The van der Waals surface area contributed by atoms with Gasteiger partial charge in [0.15, 0.2) is 0 Å². The molecule has 3 aliphatic heterocycles. The van der Waals surface area contributed by atoms with E-state index in [1.165, 1.54) is 17.2 Å². The fraction of sp³-hybridized carbons (Fsp3) is 0.367. The molecule has 37 heavy (non-hydrogen) atoms. The molecule has 2 aromatic carbocycles. The molecule has 0 bridgehead atoms. The summed E-state index contributed by atoms with van der Waals surface area (Å²) in [7, 11) is 1.57. The molecule has 0 N–H and O–H groups in total. The summed E-state index contributed by atoms with van der Waals surface area (Å²) in [6.07, 6.45) is 4.18. The standard InChI is InChI=1S/C30H31FN4O2/c1-19-11-20(8-9-32-19)30-25-13-23-16-35(29(36)14-21(23)12-22(25)15-33-30)24-5-4-10-34(17-24)18-26-27(31)6-3-7-28(26)37-2/h3,6-9,11-13,24H,4-5,10,14-18H2,1-2H3/t24-/m1/s1. The first-order chi connectivity index (χ1) is 18.0. The maximum Gasteiger partial charge on any atom is 0.227 e. The van der Waals surface area contributed by atoms with Crippen molar-refractivity contribution >= 4 is 11.6 Å². The van der Waals surface area contributed by atoms with E-state index < -0.39 is 0 Å². The number of pyridine rings is 1. The summed E-state index contributed by atoms with van der Waals surface area (Å²) in [4.78, 5) is 26.7. The van der Waals surface area contributed by atoms with Crippen LogP contribution in [0.15, 0.2) is 53.7 Å². The van der Waals surface area contributed by atoms with Gasteiger partial charge in [0.2, 0.25) is 5.91 Å². The lowest BCUT2D eigenvalue weighted by Crippen LogP contribution is -2.51. The maximum atomic E-state index is 14.6. The van der Waals surface area contributed by atoms with Crippen LogP contribution < -0.4 is 4.74 Å². The third-order valence-electron chi connectivity index (χ3n) is 7.86. The minimum absolute atomic E-state index is 0.108. The van der Waals surface area contributed by atoms with Gasteiger partial charge in [-0.25, -0.2) is 4.39 Å². The maximum absolute atomic E-state index is 14.6. The number of rotatable bonds is 5. The summed E-state index contributed by atoms with van der Waals surface area (Å²) in [5.74, 6) is 0.493. The second-order valence-corrected chi connectivity index (χ2v) is 10.3. The van der Waals surface area contributed by atoms with Gasteiger partial charge < -0.3 is 9.64 Å². The molecule has 0 saturated carbocycles. The summed E-state index contributed by atoms with van der Waals surface area (Å²) in [5.41, 5.74) is 8.31. The average molecular weight is 499 g/mol. The van der Waals surface area contributed by atoms with Gasteiger partial charge in [-0.1, -0.05) is 12.1 Å². The number of hydrogen-bond acceptors (Lipinski definition) is 5. The first-order valence-electron chi connectivity index (χ1n) is 13.0. The van der Waals surface area contributed by atoms with E-state index in [0.717, 1.165) is 54.0 Å². The van der Waals surface area contributed by atoms with Crippen LogP contribution in [-0.4, -0.2) is 52.6 Å². The second-order valence-electron chi connectivity index (χ2n) is 10.3. The highest BCUT2D eigenvalue weighted by molar-refractivity contribution is 6.15. The van der Waals surface area contributed by atoms with E-state index in [1.54, 1.807) is 19.2 Å². The molecule has 1 saturated heterocycles. The van der Waals surface area contributed by atoms with Crippen LogP contribution >= 0.6 is 0 Å². The van der Waals surface area contributed by atoms with Gasteiger partial charge in [-0.15, -0.1) is 0 Å². The van der Waals surface area contributed by atoms with Gasteiger partial charge in [0.25, 0.3) is 0 Å². The van der Waals surface area contributed by atoms with E-state index in [0.29, 0.717) is 37.4 Å². The van der Waals surface area contributed by atoms with Crippen LogP contribution in [-0.2, 0) is 30.8 Å². The third kappa shape index (κ3) is 4.53. The number of fused-ring (bicyclic) bond motifs is 2. The van der Waals surface area contributed by atoms with E-state index in [9.17, 15) is 9.18 Å². The van der Waals surface area contributed by atoms with Gasteiger partial charge in [0, 0.05) is 54.3 Å². The quantitative estimate of drug-likeness (QED) is 0.522. The van der Waals surface area contributed by atoms with Crippen molar-refractivity contribution in [2.45, 2.75) is 51.9 Å². The number of ether oxygens (including phenoxy) is 1. The van der Waals surface area contributed by atoms with Crippen LogP contribution in [0.1, 0.15) is 51.9 Å². The topological polar surface area (TPSA) is 58.0 Å². The van der Waals surface area contributed by atoms with Crippen molar-refractivity contribution in [2.24, 2.45) is 4.99 Å². The number of likely N-dealkylation sites (tertiary alicyclic amines) is 1. The summed E-state index contributed by atoms with van der Waals surface area (Å²) in [6, 6.07) is 13.6. The number of piperidine rings is 1. The molecule has 1 amide bonds. The summed E-state index contributed by atoms with van der Waals surface area (Å²) in [6.45, 7) is 5.33. The number of methoxy groups -OCH3 is 1. The zero-order chi connectivity index (χ0) is 25.5. The highest BCUT2D eigenvalue weighted by Gasteiger charge is 2.34. The van der Waals surface area contributed by atoms with E-state index >= 15 is 0 Å². The summed E-state index contributed by atoms with van der Waals surface area (Å²) >= 11 is 0. The fourth-order valence-electron chi connectivity index (χ4n) is 6.00. The lowest BCUT2D eigenvalue weighted by Gasteiger charge is -2.41. The van der Waals surface area contributed by atoms with E-state index in [1.807, 2.05) is 24.1 Å². The normalized spacial score (nSPS) is 19.4. The van der Waals surface area contributed by atoms with Crippen molar-refractivity contribution in [2.75, 3.05) is 20.2 Å². The molecular formula is C30H31FN4O2. The number of aromatic nitrogens is 1. The van der Waals surface area contributed by atoms with Crippen molar-refractivity contribution in [3.05, 3.63) is 93.6 Å². The lowest BCUT2D eigenvalue weighted by molar-refractivity contribution is -0.135. The Labute approximate surface area is 216 Å². The first-order valence-corrected chi connectivity index (χ1v) is 13.0. The number of aryl methyl sites for hydroxylation is 1. The lowest BCUT2D eigenvalue weighted by atomic mass is 9.90. The molecule has 4 heterocycles. The molecule has 190 valence electrons. The Morgan fingerprint density at radius 3 is 2.86 bits per heavy atom. The Balaban J connectivity index is 1.22. The minimum atomic E-state index is -0.250. The van der Waals surface area contributed by atoms with Gasteiger partial charge in [0.05, 0.1) is 25.8 Å². The Morgan fingerprint density at radius 1 is 1.14 bits per heavy atom. The van der Waals surface area contributed by atoms with Gasteiger partial charge in [-0.05, 0) is 73.3 Å². The Kier molecular flexibility index (Phi) is 6.24. The molecule has 0 radical (unpaired) electrons. The van der Waals surface area contributed by atoms with Crippen LogP contribution in [0.4, 0.5) is 4.39 Å². The fourth-order valence-corrected chi connectivity index (χ4v) is 6.00. The molecule has 6 rings (SSSR count). The molecule has 7 heteroatoms. The van der Waals surface area contributed by atoms with Gasteiger partial charge >= 0.3 is 0 Å². The van der Waals surface area contributed by atoms with Crippen molar-refractivity contribution in [3.8, 4) is 5.75 Å². The van der Waals surface area contributed by atoms with Crippen LogP contribution in [0.5, 0.6) is 5.75 Å². The number of aliphatic imine (C=N–C) groups is 1. The van der Waals surface area contributed by atoms with Gasteiger partial charge in [-0.2, -0.15) is 0 Å². The van der Waals surface area contributed by atoms with Crippen LogP contribution in [0.25, 0.3) is 0 Å². The monoisotopic (exact) mass is 498 g/mol. The predicted molar refractivity (Wildman–Crippen MR) is 140 cm³/mol. The molecule has 1 fully saturated rings. The van der Waals surface area contributed by atoms with Crippen LogP contribution in [0.2, 0.25) is 0 Å². The van der Waals surface area contributed by atoms with Crippen LogP contribution in [0, 0.1) is 12.7 Å². The smallest absolute Gasteiger partial charge is 0.227 e. The second kappa shape index (κ2) is 9.71. The van der Waals surface area contributed by atoms with Crippen LogP contribution in [0.3, 0.4) is 0 Å². The van der Waals surface area contributed by atoms with Crippen molar-refractivity contribution in [1.82, 2.24) is 14.8 Å². The molecule has 3 aromatic rings. The number of benzene rings is 2. The molecule has 1 aromatic heterocycles. The third-order valence-corrected chi connectivity index (χ3v) is 7.86. The van der Waals surface area contributed by atoms with Crippen molar-refractivity contribution < 1.29 is 13.9 Å². The van der Waals surface area contributed by atoms with E-state index in [4.69, 9.17) is 9.73 Å². The molecule has 6 nitrogen and oxygen atoms in total. The average Bonchev–Trinajstić information content (AvgIpc) is 3.31. The Bertz CT molecular complexity index is 1400. The van der Waals surface area contributed by atoms with Gasteiger partial charge in [0.1, 0.15) is 11.6 Å². The Hall–Kier alpha value is -3.58. The zero-order valence-corrected chi connectivity index (χ0v) is 21.3. The molecule has 0 spiro atoms. The number of nitrogens with zero attached hydrogens (tertiary/aromatic N) is 4. The molecular weight excluding hydrogens is 467 g/mol. The van der Waals surface area contributed by atoms with Gasteiger partial charge in [-0.3, -0.25) is 19.7 Å². The molecule has 0 aliphatic carbocycles. The molecule has 3 aliphatic rings.